The van der Waals surface area contributed by atoms with Crippen LogP contribution in [-0.4, -0.2) is 33.0 Å². The van der Waals surface area contributed by atoms with Crippen LogP contribution >= 0.6 is 0 Å². The summed E-state index contributed by atoms with van der Waals surface area (Å²) >= 11 is 0. The molecule has 2 atom stereocenters. The van der Waals surface area contributed by atoms with Gasteiger partial charge in [0.1, 0.15) is 6.04 Å². The minimum absolute atomic E-state index is 0.238. The highest BCUT2D eigenvalue weighted by molar-refractivity contribution is 5.96. The third-order valence-corrected chi connectivity index (χ3v) is 2.93. The molecule has 0 aliphatic heterocycles. The van der Waals surface area contributed by atoms with Gasteiger partial charge in [-0.15, -0.1) is 0 Å². The summed E-state index contributed by atoms with van der Waals surface area (Å²) in [5.41, 5.74) is -0.238. The third kappa shape index (κ3) is 4.40. The Labute approximate surface area is 118 Å². The van der Waals surface area contributed by atoms with Crippen molar-refractivity contribution in [2.24, 2.45) is 5.92 Å². The first-order valence-corrected chi connectivity index (χ1v) is 6.09. The molecule has 2 N–H and O–H groups in total. The summed E-state index contributed by atoms with van der Waals surface area (Å²) in [6.45, 7) is 3.40. The van der Waals surface area contributed by atoms with Crippen molar-refractivity contribution in [1.29, 1.82) is 0 Å². The van der Waals surface area contributed by atoms with Crippen LogP contribution in [0.1, 0.15) is 36.5 Å². The summed E-state index contributed by atoms with van der Waals surface area (Å²) < 4.78 is 36.9. The van der Waals surface area contributed by atoms with Crippen LogP contribution in [0.2, 0.25) is 0 Å². The molecular formula is C12H14F3N3O3. The van der Waals surface area contributed by atoms with Crippen molar-refractivity contribution in [3.63, 3.8) is 0 Å². The molecule has 21 heavy (non-hydrogen) atoms. The standard InChI is InChI=1S/C12H14F3N3O3/c1-3-6(2)8(10(20)21)18-9(19)7-4-16-11(17-5-7)12(13,14)15/h4-6,8H,3H2,1-2H3,(H,18,19)(H,20,21)/t6-,8-/m0/s1. The van der Waals surface area contributed by atoms with E-state index < -0.39 is 29.9 Å². The number of amides is 1. The number of nitrogens with one attached hydrogen (secondary N) is 1. The molecule has 0 radical (unpaired) electrons. The lowest BCUT2D eigenvalue weighted by molar-refractivity contribution is -0.145. The summed E-state index contributed by atoms with van der Waals surface area (Å²) in [6.07, 6.45) is -2.77. The van der Waals surface area contributed by atoms with E-state index in [4.69, 9.17) is 5.11 Å². The van der Waals surface area contributed by atoms with Crippen molar-refractivity contribution in [2.45, 2.75) is 32.5 Å². The number of hydrogen-bond donors (Lipinski definition) is 2. The van der Waals surface area contributed by atoms with Gasteiger partial charge >= 0.3 is 12.1 Å². The molecule has 0 spiro atoms. The number of rotatable bonds is 5. The van der Waals surface area contributed by atoms with Gasteiger partial charge in [0.15, 0.2) is 0 Å². The molecule has 1 amide bonds. The fraction of sp³-hybridized carbons (Fsp3) is 0.500. The molecule has 0 aliphatic rings. The number of aromatic nitrogens is 2. The zero-order valence-electron chi connectivity index (χ0n) is 11.3. The summed E-state index contributed by atoms with van der Waals surface area (Å²) in [5, 5.41) is 11.3. The van der Waals surface area contributed by atoms with Crippen molar-refractivity contribution < 1.29 is 27.9 Å². The maximum absolute atomic E-state index is 12.3. The summed E-state index contributed by atoms with van der Waals surface area (Å²) in [6, 6.07) is -1.13. The normalized spacial score (nSPS) is 14.3. The van der Waals surface area contributed by atoms with E-state index in [2.05, 4.69) is 15.3 Å². The van der Waals surface area contributed by atoms with Gasteiger partial charge in [-0.2, -0.15) is 13.2 Å². The van der Waals surface area contributed by atoms with Gasteiger partial charge in [-0.25, -0.2) is 14.8 Å². The Morgan fingerprint density at radius 1 is 1.33 bits per heavy atom. The molecule has 0 saturated heterocycles. The van der Waals surface area contributed by atoms with Crippen molar-refractivity contribution >= 4 is 11.9 Å². The lowest BCUT2D eigenvalue weighted by Crippen LogP contribution is -2.45. The second-order valence-corrected chi connectivity index (χ2v) is 4.47. The fourth-order valence-electron chi connectivity index (χ4n) is 1.50. The smallest absolute Gasteiger partial charge is 0.451 e. The Hall–Kier alpha value is -2.19. The Balaban J connectivity index is 2.86. The highest BCUT2D eigenvalue weighted by Crippen LogP contribution is 2.25. The van der Waals surface area contributed by atoms with Gasteiger partial charge in [-0.1, -0.05) is 20.3 Å². The monoisotopic (exact) mass is 305 g/mol. The summed E-state index contributed by atoms with van der Waals surface area (Å²) in [7, 11) is 0. The van der Waals surface area contributed by atoms with Crippen molar-refractivity contribution in [3.05, 3.63) is 23.8 Å². The van der Waals surface area contributed by atoms with E-state index in [0.717, 1.165) is 0 Å². The molecule has 1 aromatic heterocycles. The number of aliphatic carboxylic acids is 1. The van der Waals surface area contributed by atoms with Crippen LogP contribution in [0.4, 0.5) is 13.2 Å². The number of alkyl halides is 3. The molecule has 1 aromatic rings. The van der Waals surface area contributed by atoms with E-state index in [0.29, 0.717) is 18.8 Å². The molecule has 0 aromatic carbocycles. The molecule has 0 aliphatic carbocycles. The van der Waals surface area contributed by atoms with Crippen LogP contribution in [0.3, 0.4) is 0 Å². The van der Waals surface area contributed by atoms with Gasteiger partial charge in [-0.3, -0.25) is 4.79 Å². The van der Waals surface area contributed by atoms with Gasteiger partial charge in [0, 0.05) is 12.4 Å². The Morgan fingerprint density at radius 3 is 2.24 bits per heavy atom. The van der Waals surface area contributed by atoms with Gasteiger partial charge in [0.05, 0.1) is 5.56 Å². The molecule has 9 heteroatoms. The van der Waals surface area contributed by atoms with Crippen LogP contribution < -0.4 is 5.32 Å². The quantitative estimate of drug-likeness (QED) is 0.864. The van der Waals surface area contributed by atoms with Gasteiger partial charge < -0.3 is 10.4 Å². The van der Waals surface area contributed by atoms with Crippen molar-refractivity contribution in [3.8, 4) is 0 Å². The number of halogens is 3. The van der Waals surface area contributed by atoms with E-state index in [1.807, 2.05) is 0 Å². The molecule has 0 unspecified atom stereocenters. The van der Waals surface area contributed by atoms with Gasteiger partial charge in [0.2, 0.25) is 5.82 Å². The first-order chi connectivity index (χ1) is 9.66. The number of hydrogen-bond acceptors (Lipinski definition) is 4. The minimum Gasteiger partial charge on any atom is -0.480 e. The second kappa shape index (κ2) is 6.51. The zero-order chi connectivity index (χ0) is 16.2. The highest BCUT2D eigenvalue weighted by Gasteiger charge is 2.34. The Bertz CT molecular complexity index is 517. The molecular weight excluding hydrogens is 291 g/mol. The van der Waals surface area contributed by atoms with Gasteiger partial charge in [-0.05, 0) is 5.92 Å². The molecule has 1 rings (SSSR count). The Kier molecular flexibility index (Phi) is 5.23. The lowest BCUT2D eigenvalue weighted by Gasteiger charge is -2.20. The third-order valence-electron chi connectivity index (χ3n) is 2.93. The average molecular weight is 305 g/mol. The molecule has 0 saturated carbocycles. The van der Waals surface area contributed by atoms with E-state index in [-0.39, 0.29) is 11.5 Å². The second-order valence-electron chi connectivity index (χ2n) is 4.47. The number of nitrogens with zero attached hydrogens (tertiary/aromatic N) is 2. The average Bonchev–Trinajstić information content (AvgIpc) is 2.42. The predicted octanol–water partition coefficient (Wildman–Crippen LogP) is 1.72. The van der Waals surface area contributed by atoms with E-state index >= 15 is 0 Å². The van der Waals surface area contributed by atoms with Crippen LogP contribution in [0.15, 0.2) is 12.4 Å². The fourth-order valence-corrected chi connectivity index (χ4v) is 1.50. The molecule has 1 heterocycles. The number of carbonyl (C=O) groups is 2. The van der Waals surface area contributed by atoms with E-state index in [1.165, 1.54) is 0 Å². The first-order valence-electron chi connectivity index (χ1n) is 6.09. The predicted molar refractivity (Wildman–Crippen MR) is 65.4 cm³/mol. The van der Waals surface area contributed by atoms with E-state index in [9.17, 15) is 22.8 Å². The van der Waals surface area contributed by atoms with Crippen LogP contribution in [-0.2, 0) is 11.0 Å². The SMILES string of the molecule is CC[C@H](C)[C@H](NC(=O)c1cnc(C(F)(F)F)nc1)C(=O)O. The molecule has 0 bridgehead atoms. The molecule has 0 fully saturated rings. The topological polar surface area (TPSA) is 92.2 Å². The number of carboxylic acids is 1. The van der Waals surface area contributed by atoms with Crippen LogP contribution in [0.25, 0.3) is 0 Å². The molecule has 116 valence electrons. The number of carboxylic acid groups (broad SMARTS) is 1. The van der Waals surface area contributed by atoms with Crippen molar-refractivity contribution in [2.75, 3.05) is 0 Å². The lowest BCUT2D eigenvalue weighted by atomic mass is 9.99. The maximum Gasteiger partial charge on any atom is 0.451 e. The zero-order valence-corrected chi connectivity index (χ0v) is 11.3. The summed E-state index contributed by atoms with van der Waals surface area (Å²) in [5.74, 6) is -3.75. The minimum atomic E-state index is -4.70. The van der Waals surface area contributed by atoms with Gasteiger partial charge in [0.25, 0.3) is 5.91 Å². The molecule has 6 nitrogen and oxygen atoms in total. The largest absolute Gasteiger partial charge is 0.480 e. The maximum atomic E-state index is 12.3. The van der Waals surface area contributed by atoms with E-state index in [1.54, 1.807) is 13.8 Å². The Morgan fingerprint density at radius 2 is 1.86 bits per heavy atom. The first kappa shape index (κ1) is 16.9. The van der Waals surface area contributed by atoms with Crippen LogP contribution in [0, 0.1) is 5.92 Å². The summed E-state index contributed by atoms with van der Waals surface area (Å²) in [4.78, 5) is 29.0. The number of carbonyl (C=O) groups excluding carboxylic acids is 1. The van der Waals surface area contributed by atoms with Crippen molar-refractivity contribution in [1.82, 2.24) is 15.3 Å². The van der Waals surface area contributed by atoms with Crippen LogP contribution in [0.5, 0.6) is 0 Å². The highest BCUT2D eigenvalue weighted by atomic mass is 19.4.